The standard InChI is InChI=1S/C18H26N2O/c1-13(2)15-8-10-17(11-9-15)20-18(21)19-12-14(3)16-6-4-5-7-16/h8-13,16H,4-7H2,1-3H3,(H2,19,20,21)/b14-12+. The number of nitrogens with one attached hydrogen (secondary N) is 2. The maximum Gasteiger partial charge on any atom is 0.323 e. The molecule has 0 unspecified atom stereocenters. The molecule has 0 bridgehead atoms. The van der Waals surface area contributed by atoms with Gasteiger partial charge in [0.05, 0.1) is 0 Å². The lowest BCUT2D eigenvalue weighted by Crippen LogP contribution is -2.24. The highest BCUT2D eigenvalue weighted by Crippen LogP contribution is 2.30. The Balaban J connectivity index is 1.85. The number of hydrogen-bond donors (Lipinski definition) is 2. The fraction of sp³-hybridized carbons (Fsp3) is 0.500. The van der Waals surface area contributed by atoms with Crippen molar-refractivity contribution in [3.8, 4) is 0 Å². The van der Waals surface area contributed by atoms with E-state index >= 15 is 0 Å². The Bertz CT molecular complexity index is 496. The lowest BCUT2D eigenvalue weighted by molar-refractivity contribution is 0.255. The van der Waals surface area contributed by atoms with E-state index in [1.807, 2.05) is 18.3 Å². The van der Waals surface area contributed by atoms with Crippen LogP contribution in [0.15, 0.2) is 36.0 Å². The van der Waals surface area contributed by atoms with Crippen LogP contribution in [0, 0.1) is 5.92 Å². The molecule has 0 radical (unpaired) electrons. The van der Waals surface area contributed by atoms with E-state index in [0.717, 1.165) is 5.69 Å². The first kappa shape index (κ1) is 15.6. The third-order valence-electron chi connectivity index (χ3n) is 4.27. The van der Waals surface area contributed by atoms with Gasteiger partial charge in [-0.2, -0.15) is 0 Å². The van der Waals surface area contributed by atoms with Crippen LogP contribution in [0.25, 0.3) is 0 Å². The molecule has 0 aromatic heterocycles. The lowest BCUT2D eigenvalue weighted by Gasteiger charge is -2.11. The van der Waals surface area contributed by atoms with Crippen LogP contribution in [0.3, 0.4) is 0 Å². The highest BCUT2D eigenvalue weighted by atomic mass is 16.2. The van der Waals surface area contributed by atoms with Crippen LogP contribution >= 0.6 is 0 Å². The molecule has 1 aromatic rings. The fourth-order valence-electron chi connectivity index (χ4n) is 2.80. The second kappa shape index (κ2) is 7.30. The van der Waals surface area contributed by atoms with Crippen molar-refractivity contribution < 1.29 is 4.79 Å². The number of rotatable bonds is 4. The minimum absolute atomic E-state index is 0.176. The summed E-state index contributed by atoms with van der Waals surface area (Å²) in [6.45, 7) is 6.42. The fourth-order valence-corrected chi connectivity index (χ4v) is 2.80. The van der Waals surface area contributed by atoms with Crippen molar-refractivity contribution in [1.82, 2.24) is 5.32 Å². The van der Waals surface area contributed by atoms with Gasteiger partial charge in [-0.15, -0.1) is 0 Å². The molecule has 1 saturated carbocycles. The van der Waals surface area contributed by atoms with Gasteiger partial charge in [0.1, 0.15) is 0 Å². The Hall–Kier alpha value is -1.77. The Labute approximate surface area is 127 Å². The second-order valence-corrected chi connectivity index (χ2v) is 6.24. The summed E-state index contributed by atoms with van der Waals surface area (Å²) < 4.78 is 0. The molecule has 0 aliphatic heterocycles. The van der Waals surface area contributed by atoms with E-state index in [1.165, 1.54) is 36.8 Å². The number of urea groups is 1. The average Bonchev–Trinajstić information content (AvgIpc) is 2.99. The van der Waals surface area contributed by atoms with Crippen molar-refractivity contribution in [3.05, 3.63) is 41.6 Å². The predicted octanol–water partition coefficient (Wildman–Crippen LogP) is 5.03. The average molecular weight is 286 g/mol. The molecule has 1 fully saturated rings. The SMILES string of the molecule is C/C(=C\NC(=O)Nc1ccc(C(C)C)cc1)C1CCCC1. The third-order valence-corrected chi connectivity index (χ3v) is 4.27. The summed E-state index contributed by atoms with van der Waals surface area (Å²) in [6, 6.07) is 7.83. The second-order valence-electron chi connectivity index (χ2n) is 6.24. The van der Waals surface area contributed by atoms with E-state index in [9.17, 15) is 4.79 Å². The molecule has 0 heterocycles. The maximum atomic E-state index is 11.9. The molecule has 21 heavy (non-hydrogen) atoms. The number of carbonyl (C=O) groups is 1. The van der Waals surface area contributed by atoms with Crippen LogP contribution < -0.4 is 10.6 Å². The van der Waals surface area contributed by atoms with Crippen molar-refractivity contribution in [2.75, 3.05) is 5.32 Å². The first-order valence-electron chi connectivity index (χ1n) is 7.90. The van der Waals surface area contributed by atoms with Gasteiger partial charge in [0.15, 0.2) is 0 Å². The van der Waals surface area contributed by atoms with Crippen molar-refractivity contribution in [2.45, 2.75) is 52.4 Å². The number of allylic oxidation sites excluding steroid dienone is 1. The lowest BCUT2D eigenvalue weighted by atomic mass is 10.0. The zero-order valence-corrected chi connectivity index (χ0v) is 13.3. The monoisotopic (exact) mass is 286 g/mol. The molecule has 114 valence electrons. The number of carbonyl (C=O) groups excluding carboxylic acids is 1. The Morgan fingerprint density at radius 3 is 2.38 bits per heavy atom. The van der Waals surface area contributed by atoms with E-state index < -0.39 is 0 Å². The molecule has 3 nitrogen and oxygen atoms in total. The van der Waals surface area contributed by atoms with E-state index in [1.54, 1.807) is 0 Å². The van der Waals surface area contributed by atoms with Crippen LogP contribution in [-0.4, -0.2) is 6.03 Å². The molecule has 0 saturated heterocycles. The number of benzene rings is 1. The van der Waals surface area contributed by atoms with Crippen LogP contribution in [0.2, 0.25) is 0 Å². The number of anilines is 1. The minimum Gasteiger partial charge on any atom is -0.314 e. The zero-order valence-electron chi connectivity index (χ0n) is 13.3. The van der Waals surface area contributed by atoms with Gasteiger partial charge < -0.3 is 10.6 Å². The van der Waals surface area contributed by atoms with Crippen LogP contribution in [-0.2, 0) is 0 Å². The van der Waals surface area contributed by atoms with E-state index in [-0.39, 0.29) is 6.03 Å². The number of hydrogen-bond acceptors (Lipinski definition) is 1. The normalized spacial score (nSPS) is 16.3. The largest absolute Gasteiger partial charge is 0.323 e. The molecule has 2 amide bonds. The van der Waals surface area contributed by atoms with Gasteiger partial charge in [-0.1, -0.05) is 44.4 Å². The molecule has 1 aliphatic carbocycles. The van der Waals surface area contributed by atoms with Gasteiger partial charge in [0.2, 0.25) is 0 Å². The summed E-state index contributed by atoms with van der Waals surface area (Å²) in [7, 11) is 0. The van der Waals surface area contributed by atoms with Gasteiger partial charge in [0.25, 0.3) is 0 Å². The molecule has 1 aromatic carbocycles. The smallest absolute Gasteiger partial charge is 0.314 e. The molecular weight excluding hydrogens is 260 g/mol. The molecule has 1 aliphatic rings. The Kier molecular flexibility index (Phi) is 5.43. The summed E-state index contributed by atoms with van der Waals surface area (Å²) >= 11 is 0. The summed E-state index contributed by atoms with van der Waals surface area (Å²) in [5.41, 5.74) is 3.37. The van der Waals surface area contributed by atoms with Crippen molar-refractivity contribution >= 4 is 11.7 Å². The van der Waals surface area contributed by atoms with Crippen LogP contribution in [0.5, 0.6) is 0 Å². The summed E-state index contributed by atoms with van der Waals surface area (Å²) in [5, 5.41) is 5.69. The summed E-state index contributed by atoms with van der Waals surface area (Å²) in [5.74, 6) is 1.15. The highest BCUT2D eigenvalue weighted by molar-refractivity contribution is 5.89. The van der Waals surface area contributed by atoms with Crippen molar-refractivity contribution in [2.24, 2.45) is 5.92 Å². The maximum absolute atomic E-state index is 11.9. The van der Waals surface area contributed by atoms with Gasteiger partial charge in [-0.3, -0.25) is 0 Å². The van der Waals surface area contributed by atoms with Gasteiger partial charge in [-0.25, -0.2) is 4.79 Å². The van der Waals surface area contributed by atoms with Gasteiger partial charge in [0, 0.05) is 11.9 Å². The van der Waals surface area contributed by atoms with Crippen LogP contribution in [0.4, 0.5) is 10.5 Å². The Morgan fingerprint density at radius 2 is 1.81 bits per heavy atom. The first-order chi connectivity index (χ1) is 10.1. The number of amides is 2. The van der Waals surface area contributed by atoms with E-state index in [0.29, 0.717) is 11.8 Å². The van der Waals surface area contributed by atoms with E-state index in [2.05, 4.69) is 43.5 Å². The molecule has 2 N–H and O–H groups in total. The zero-order chi connectivity index (χ0) is 15.2. The van der Waals surface area contributed by atoms with Gasteiger partial charge >= 0.3 is 6.03 Å². The van der Waals surface area contributed by atoms with Gasteiger partial charge in [-0.05, 0) is 49.3 Å². The van der Waals surface area contributed by atoms with Crippen molar-refractivity contribution in [3.63, 3.8) is 0 Å². The summed E-state index contributed by atoms with van der Waals surface area (Å²) in [6.07, 6.45) is 6.98. The molecule has 0 atom stereocenters. The van der Waals surface area contributed by atoms with Crippen LogP contribution in [0.1, 0.15) is 57.9 Å². The Morgan fingerprint density at radius 1 is 1.19 bits per heavy atom. The molecular formula is C18H26N2O. The molecule has 0 spiro atoms. The van der Waals surface area contributed by atoms with E-state index in [4.69, 9.17) is 0 Å². The first-order valence-corrected chi connectivity index (χ1v) is 7.90. The molecule has 2 rings (SSSR count). The quantitative estimate of drug-likeness (QED) is 0.801. The topological polar surface area (TPSA) is 41.1 Å². The minimum atomic E-state index is -0.176. The third kappa shape index (κ3) is 4.62. The summed E-state index contributed by atoms with van der Waals surface area (Å²) in [4.78, 5) is 11.9. The van der Waals surface area contributed by atoms with Crippen molar-refractivity contribution in [1.29, 1.82) is 0 Å². The molecule has 3 heteroatoms. The predicted molar refractivity (Wildman–Crippen MR) is 88.4 cm³/mol. The highest BCUT2D eigenvalue weighted by Gasteiger charge is 2.16.